The highest BCUT2D eigenvalue weighted by atomic mass is 19.4. The molecular weight excluding hydrogens is 360 g/mol. The Balaban J connectivity index is 2.03. The maximum Gasteiger partial charge on any atom is 0.418 e. The zero-order valence-corrected chi connectivity index (χ0v) is 14.6. The molecule has 3 aromatic rings. The van der Waals surface area contributed by atoms with Crippen molar-refractivity contribution in [2.24, 2.45) is 0 Å². The highest BCUT2D eigenvalue weighted by molar-refractivity contribution is 6.05. The molecular formula is C20H16F4N2O. The second kappa shape index (κ2) is 6.90. The zero-order chi connectivity index (χ0) is 19.8. The summed E-state index contributed by atoms with van der Waals surface area (Å²) in [5.41, 5.74) is 0.481. The van der Waals surface area contributed by atoms with Crippen molar-refractivity contribution in [1.82, 2.24) is 4.57 Å². The molecule has 140 valence electrons. The summed E-state index contributed by atoms with van der Waals surface area (Å²) in [6.45, 7) is 3.19. The van der Waals surface area contributed by atoms with E-state index < -0.39 is 23.5 Å². The molecule has 1 amide bonds. The van der Waals surface area contributed by atoms with E-state index in [2.05, 4.69) is 5.32 Å². The predicted octanol–water partition coefficient (Wildman–Crippen LogP) is 5.50. The highest BCUT2D eigenvalue weighted by Gasteiger charge is 2.34. The van der Waals surface area contributed by atoms with E-state index in [-0.39, 0.29) is 16.9 Å². The molecule has 1 N–H and O–H groups in total. The molecule has 0 atom stereocenters. The monoisotopic (exact) mass is 376 g/mol. The number of hydrogen-bond donors (Lipinski definition) is 1. The lowest BCUT2D eigenvalue weighted by atomic mass is 10.1. The predicted molar refractivity (Wildman–Crippen MR) is 94.6 cm³/mol. The van der Waals surface area contributed by atoms with E-state index in [1.807, 2.05) is 0 Å². The third-order valence-electron chi connectivity index (χ3n) is 4.21. The number of hydrogen-bond acceptors (Lipinski definition) is 1. The first-order valence-electron chi connectivity index (χ1n) is 8.11. The van der Waals surface area contributed by atoms with Crippen LogP contribution in [0.3, 0.4) is 0 Å². The van der Waals surface area contributed by atoms with Crippen LogP contribution in [0.5, 0.6) is 0 Å². The van der Waals surface area contributed by atoms with E-state index in [9.17, 15) is 22.4 Å². The van der Waals surface area contributed by atoms with Gasteiger partial charge >= 0.3 is 6.18 Å². The van der Waals surface area contributed by atoms with Gasteiger partial charge in [-0.2, -0.15) is 13.2 Å². The van der Waals surface area contributed by atoms with Crippen LogP contribution in [-0.4, -0.2) is 10.5 Å². The van der Waals surface area contributed by atoms with Crippen molar-refractivity contribution in [3.8, 4) is 5.69 Å². The quantitative estimate of drug-likeness (QED) is 0.602. The fraction of sp³-hybridized carbons (Fsp3) is 0.150. The van der Waals surface area contributed by atoms with Crippen molar-refractivity contribution < 1.29 is 22.4 Å². The van der Waals surface area contributed by atoms with Crippen molar-refractivity contribution >= 4 is 11.6 Å². The third-order valence-corrected chi connectivity index (χ3v) is 4.21. The maximum atomic E-state index is 13.4. The number of amides is 1. The van der Waals surface area contributed by atoms with Crippen LogP contribution in [0, 0.1) is 19.7 Å². The van der Waals surface area contributed by atoms with E-state index >= 15 is 0 Å². The minimum absolute atomic E-state index is 0.0511. The normalized spacial score (nSPS) is 11.5. The molecule has 0 bridgehead atoms. The number of rotatable bonds is 3. The van der Waals surface area contributed by atoms with E-state index in [1.54, 1.807) is 13.8 Å². The van der Waals surface area contributed by atoms with Gasteiger partial charge in [-0.3, -0.25) is 4.79 Å². The number of aromatic nitrogens is 1. The van der Waals surface area contributed by atoms with Crippen LogP contribution >= 0.6 is 0 Å². The Morgan fingerprint density at radius 1 is 1.00 bits per heavy atom. The Kier molecular flexibility index (Phi) is 4.78. The summed E-state index contributed by atoms with van der Waals surface area (Å²) in [6.07, 6.45) is -4.52. The van der Waals surface area contributed by atoms with Gasteiger partial charge in [-0.15, -0.1) is 0 Å². The third kappa shape index (κ3) is 3.72. The fourth-order valence-corrected chi connectivity index (χ4v) is 3.04. The lowest BCUT2D eigenvalue weighted by molar-refractivity contribution is -0.137. The maximum absolute atomic E-state index is 13.4. The first kappa shape index (κ1) is 18.7. The van der Waals surface area contributed by atoms with Gasteiger partial charge in [0.2, 0.25) is 0 Å². The standard InChI is InChI=1S/C20H16F4N2O/c1-12-10-16(19(27)25-15-7-5-6-14(21)11-15)13(2)26(12)18-9-4-3-8-17(18)20(22,23)24/h3-11H,1-2H3,(H,25,27). The number of nitrogens with one attached hydrogen (secondary N) is 1. The van der Waals surface area contributed by atoms with Gasteiger partial charge in [0.25, 0.3) is 5.91 Å². The van der Waals surface area contributed by atoms with Gasteiger partial charge in [-0.25, -0.2) is 4.39 Å². The Morgan fingerprint density at radius 2 is 1.70 bits per heavy atom. The Hall–Kier alpha value is -3.09. The Labute approximate surface area is 153 Å². The van der Waals surface area contributed by atoms with Crippen LogP contribution in [0.1, 0.15) is 27.3 Å². The zero-order valence-electron chi connectivity index (χ0n) is 14.6. The minimum atomic E-state index is -4.52. The summed E-state index contributed by atoms with van der Waals surface area (Å²) < 4.78 is 54.8. The summed E-state index contributed by atoms with van der Waals surface area (Å²) in [4.78, 5) is 12.6. The van der Waals surface area contributed by atoms with Crippen molar-refractivity contribution in [2.75, 3.05) is 5.32 Å². The average Bonchev–Trinajstić information content (AvgIpc) is 2.88. The molecule has 1 heterocycles. The van der Waals surface area contributed by atoms with Gasteiger partial charge in [0.1, 0.15) is 5.82 Å². The summed E-state index contributed by atoms with van der Waals surface area (Å²) >= 11 is 0. The minimum Gasteiger partial charge on any atom is -0.322 e. The molecule has 0 fully saturated rings. The largest absolute Gasteiger partial charge is 0.418 e. The molecule has 0 spiro atoms. The summed E-state index contributed by atoms with van der Waals surface area (Å²) in [6, 6.07) is 12.1. The Morgan fingerprint density at radius 3 is 2.37 bits per heavy atom. The fourth-order valence-electron chi connectivity index (χ4n) is 3.04. The molecule has 0 unspecified atom stereocenters. The van der Waals surface area contributed by atoms with Gasteiger partial charge in [0, 0.05) is 17.1 Å². The van der Waals surface area contributed by atoms with E-state index in [0.29, 0.717) is 11.4 Å². The molecule has 0 aliphatic rings. The molecule has 0 saturated carbocycles. The molecule has 2 aromatic carbocycles. The SMILES string of the molecule is Cc1cc(C(=O)Nc2cccc(F)c2)c(C)n1-c1ccccc1C(F)(F)F. The van der Waals surface area contributed by atoms with Crippen molar-refractivity contribution in [2.45, 2.75) is 20.0 Å². The average molecular weight is 376 g/mol. The molecule has 3 rings (SSSR count). The van der Waals surface area contributed by atoms with Gasteiger partial charge in [0.05, 0.1) is 16.8 Å². The van der Waals surface area contributed by atoms with Crippen LogP contribution in [0.25, 0.3) is 5.69 Å². The second-order valence-corrected chi connectivity index (χ2v) is 6.10. The summed E-state index contributed by atoms with van der Waals surface area (Å²) in [5, 5.41) is 2.56. The van der Waals surface area contributed by atoms with Gasteiger partial charge in [-0.1, -0.05) is 18.2 Å². The second-order valence-electron chi connectivity index (χ2n) is 6.10. The first-order valence-corrected chi connectivity index (χ1v) is 8.11. The van der Waals surface area contributed by atoms with Crippen LogP contribution in [0.4, 0.5) is 23.2 Å². The van der Waals surface area contributed by atoms with E-state index in [1.165, 1.54) is 47.0 Å². The number of carbonyl (C=O) groups excluding carboxylic acids is 1. The molecule has 0 saturated heterocycles. The number of alkyl halides is 3. The smallest absolute Gasteiger partial charge is 0.322 e. The van der Waals surface area contributed by atoms with Crippen molar-refractivity contribution in [3.63, 3.8) is 0 Å². The molecule has 0 aliphatic carbocycles. The highest BCUT2D eigenvalue weighted by Crippen LogP contribution is 2.35. The number of halogens is 4. The van der Waals surface area contributed by atoms with E-state index in [0.717, 1.165) is 12.1 Å². The van der Waals surface area contributed by atoms with Crippen LogP contribution in [-0.2, 0) is 6.18 Å². The number of benzene rings is 2. The molecule has 7 heteroatoms. The van der Waals surface area contributed by atoms with E-state index in [4.69, 9.17) is 0 Å². The van der Waals surface area contributed by atoms with Crippen LogP contribution < -0.4 is 5.32 Å². The van der Waals surface area contributed by atoms with Crippen LogP contribution in [0.2, 0.25) is 0 Å². The van der Waals surface area contributed by atoms with Gasteiger partial charge in [0.15, 0.2) is 0 Å². The lowest BCUT2D eigenvalue weighted by Crippen LogP contribution is -2.15. The summed E-state index contributed by atoms with van der Waals surface area (Å²) in [5.74, 6) is -1.03. The van der Waals surface area contributed by atoms with Crippen molar-refractivity contribution in [3.05, 3.63) is 82.9 Å². The first-order chi connectivity index (χ1) is 12.7. The number of para-hydroxylation sites is 1. The number of nitrogens with zero attached hydrogens (tertiary/aromatic N) is 1. The molecule has 27 heavy (non-hydrogen) atoms. The summed E-state index contributed by atoms with van der Waals surface area (Å²) in [7, 11) is 0. The molecule has 0 aliphatic heterocycles. The molecule has 3 nitrogen and oxygen atoms in total. The number of carbonyl (C=O) groups is 1. The van der Waals surface area contributed by atoms with Crippen LogP contribution in [0.15, 0.2) is 54.6 Å². The van der Waals surface area contributed by atoms with Gasteiger partial charge in [-0.05, 0) is 50.2 Å². The Bertz CT molecular complexity index is 1010. The molecule has 0 radical (unpaired) electrons. The van der Waals surface area contributed by atoms with Crippen molar-refractivity contribution in [1.29, 1.82) is 0 Å². The number of aryl methyl sites for hydroxylation is 1. The number of anilines is 1. The topological polar surface area (TPSA) is 34.0 Å². The lowest BCUT2D eigenvalue weighted by Gasteiger charge is -2.16. The van der Waals surface area contributed by atoms with Gasteiger partial charge < -0.3 is 9.88 Å². The molecule has 1 aromatic heterocycles.